The first-order valence-corrected chi connectivity index (χ1v) is 13.2. The lowest BCUT2D eigenvalue weighted by atomic mass is 10.0. The van der Waals surface area contributed by atoms with Crippen LogP contribution in [0.2, 0.25) is 18.1 Å². The minimum Gasteiger partial charge on any atom is -0.467 e. The highest BCUT2D eigenvalue weighted by atomic mass is 28.3. The van der Waals surface area contributed by atoms with Crippen molar-refractivity contribution in [1.82, 2.24) is 10.6 Å². The summed E-state index contributed by atoms with van der Waals surface area (Å²) in [6.45, 7) is 12.0. The summed E-state index contributed by atoms with van der Waals surface area (Å²) >= 11 is 0. The number of hydrogen-bond acceptors (Lipinski definition) is 4. The summed E-state index contributed by atoms with van der Waals surface area (Å²) in [5.41, 5.74) is 3.58. The summed E-state index contributed by atoms with van der Waals surface area (Å²) in [5, 5.41) is 5.17. The number of carbonyl (C=O) groups is 3. The molecule has 2 N–H and O–H groups in total. The Labute approximate surface area is 185 Å². The molecule has 170 valence electrons. The van der Waals surface area contributed by atoms with Crippen LogP contribution in [0.4, 0.5) is 4.39 Å². The number of amides is 2. The molecule has 8 heteroatoms. The van der Waals surface area contributed by atoms with Crippen molar-refractivity contribution >= 4 is 25.9 Å². The molecule has 1 aromatic rings. The molecule has 0 spiro atoms. The number of carbonyl (C=O) groups excluding carboxylic acids is 3. The van der Waals surface area contributed by atoms with Crippen molar-refractivity contribution in [2.45, 2.75) is 70.8 Å². The molecule has 1 aromatic carbocycles. The molecule has 6 nitrogen and oxygen atoms in total. The lowest BCUT2D eigenvalue weighted by Crippen LogP contribution is -2.52. The van der Waals surface area contributed by atoms with Crippen LogP contribution in [-0.4, -0.2) is 45.1 Å². The highest BCUT2D eigenvalue weighted by Crippen LogP contribution is 2.35. The van der Waals surface area contributed by atoms with E-state index in [1.54, 1.807) is 18.2 Å². The fourth-order valence-corrected chi connectivity index (χ4v) is 3.43. The maximum atomic E-state index is 14.0. The van der Waals surface area contributed by atoms with Gasteiger partial charge in [-0.15, -0.1) is 11.5 Å². The van der Waals surface area contributed by atoms with Crippen molar-refractivity contribution < 1.29 is 23.5 Å². The van der Waals surface area contributed by atoms with Crippen molar-refractivity contribution in [3.05, 3.63) is 35.6 Å². The Kier molecular flexibility index (Phi) is 9.44. The van der Waals surface area contributed by atoms with E-state index >= 15 is 0 Å². The minimum absolute atomic E-state index is 0.0539. The van der Waals surface area contributed by atoms with E-state index in [1.807, 2.05) is 0 Å². The molecule has 0 saturated carbocycles. The third kappa shape index (κ3) is 8.17. The Morgan fingerprint density at radius 3 is 2.26 bits per heavy atom. The van der Waals surface area contributed by atoms with Crippen LogP contribution in [0.15, 0.2) is 24.3 Å². The fourth-order valence-electron chi connectivity index (χ4n) is 2.51. The van der Waals surface area contributed by atoms with Crippen LogP contribution in [-0.2, 0) is 25.5 Å². The molecule has 0 saturated heterocycles. The lowest BCUT2D eigenvalue weighted by molar-refractivity contribution is -0.145. The van der Waals surface area contributed by atoms with Gasteiger partial charge in [0.1, 0.15) is 26.0 Å². The molecule has 0 bridgehead atoms. The number of nitrogens with one attached hydrogen (secondary N) is 2. The molecule has 0 heterocycles. The predicted octanol–water partition coefficient (Wildman–Crippen LogP) is 2.97. The summed E-state index contributed by atoms with van der Waals surface area (Å²) < 4.78 is 18.8. The van der Waals surface area contributed by atoms with Crippen molar-refractivity contribution in [2.24, 2.45) is 0 Å². The first-order chi connectivity index (χ1) is 14.3. The number of esters is 1. The SMILES string of the molecule is COC(=O)[C@@H](CC#C[Si](C)(C)C(C)(C)C)NC(=O)[C@H](Cc1ccccc1F)NC(C)=O. The number of hydrogen-bond donors (Lipinski definition) is 2. The van der Waals surface area contributed by atoms with E-state index in [-0.39, 0.29) is 23.4 Å². The van der Waals surface area contributed by atoms with Crippen molar-refractivity contribution in [2.75, 3.05) is 7.11 Å². The van der Waals surface area contributed by atoms with E-state index in [0.29, 0.717) is 0 Å². The lowest BCUT2D eigenvalue weighted by Gasteiger charge is -2.31. The number of ether oxygens (including phenoxy) is 1. The van der Waals surface area contributed by atoms with Gasteiger partial charge in [0.25, 0.3) is 0 Å². The zero-order valence-electron chi connectivity index (χ0n) is 19.4. The first-order valence-electron chi connectivity index (χ1n) is 10.2. The van der Waals surface area contributed by atoms with E-state index in [9.17, 15) is 18.8 Å². The van der Waals surface area contributed by atoms with Gasteiger partial charge in [-0.2, -0.15) is 0 Å². The molecule has 0 fully saturated rings. The van der Waals surface area contributed by atoms with Crippen LogP contribution in [0.1, 0.15) is 39.7 Å². The van der Waals surface area contributed by atoms with Gasteiger partial charge in [0.2, 0.25) is 11.8 Å². The molecular weight excluding hydrogens is 415 g/mol. The van der Waals surface area contributed by atoms with Crippen molar-refractivity contribution in [1.29, 1.82) is 0 Å². The molecule has 0 aliphatic carbocycles. The van der Waals surface area contributed by atoms with Gasteiger partial charge in [-0.1, -0.05) is 52.1 Å². The first kappa shape index (κ1) is 26.4. The summed E-state index contributed by atoms with van der Waals surface area (Å²) in [5.74, 6) is 0.881. The van der Waals surface area contributed by atoms with E-state index in [2.05, 4.69) is 56.0 Å². The molecule has 0 radical (unpaired) electrons. The topological polar surface area (TPSA) is 84.5 Å². The average Bonchev–Trinajstić information content (AvgIpc) is 2.66. The summed E-state index contributed by atoms with van der Waals surface area (Å²) in [7, 11) is -0.653. The van der Waals surface area contributed by atoms with Gasteiger partial charge in [0, 0.05) is 19.8 Å². The minimum atomic E-state index is -1.88. The number of halogens is 1. The number of methoxy groups -OCH3 is 1. The molecule has 0 aliphatic heterocycles. The van der Waals surface area contributed by atoms with Gasteiger partial charge >= 0.3 is 5.97 Å². The molecule has 0 aromatic heterocycles. The largest absolute Gasteiger partial charge is 0.467 e. The van der Waals surface area contributed by atoms with Gasteiger partial charge in [0.15, 0.2) is 0 Å². The molecule has 2 amide bonds. The average molecular weight is 449 g/mol. The maximum absolute atomic E-state index is 14.0. The Balaban J connectivity index is 3.03. The maximum Gasteiger partial charge on any atom is 0.329 e. The van der Waals surface area contributed by atoms with E-state index in [4.69, 9.17) is 4.74 Å². The predicted molar refractivity (Wildman–Crippen MR) is 121 cm³/mol. The van der Waals surface area contributed by atoms with Gasteiger partial charge in [0.05, 0.1) is 7.11 Å². The monoisotopic (exact) mass is 448 g/mol. The fraction of sp³-hybridized carbons (Fsp3) is 0.522. The van der Waals surface area contributed by atoms with Crippen LogP contribution in [0.3, 0.4) is 0 Å². The summed E-state index contributed by atoms with van der Waals surface area (Å²) in [4.78, 5) is 36.7. The molecular formula is C23H33FN2O4Si. The van der Waals surface area contributed by atoms with Gasteiger partial charge in [-0.3, -0.25) is 9.59 Å². The van der Waals surface area contributed by atoms with Gasteiger partial charge < -0.3 is 15.4 Å². The quantitative estimate of drug-likeness (QED) is 0.382. The zero-order valence-corrected chi connectivity index (χ0v) is 20.4. The normalized spacial score (nSPS) is 13.3. The zero-order chi connectivity index (χ0) is 23.8. The van der Waals surface area contributed by atoms with Gasteiger partial charge in [-0.25, -0.2) is 9.18 Å². The summed E-state index contributed by atoms with van der Waals surface area (Å²) in [6.07, 6.45) is 0.0268. The van der Waals surface area contributed by atoms with Crippen molar-refractivity contribution in [3.63, 3.8) is 0 Å². The molecule has 0 aliphatic rings. The Bertz CT molecular complexity index is 868. The van der Waals surface area contributed by atoms with Crippen molar-refractivity contribution in [3.8, 4) is 11.5 Å². The van der Waals surface area contributed by atoms with E-state index in [1.165, 1.54) is 20.1 Å². The highest BCUT2D eigenvalue weighted by molar-refractivity contribution is 6.87. The van der Waals surface area contributed by atoms with E-state index < -0.39 is 43.8 Å². The van der Waals surface area contributed by atoms with Crippen LogP contribution in [0.25, 0.3) is 0 Å². The summed E-state index contributed by atoms with van der Waals surface area (Å²) in [6, 6.07) is 3.97. The number of benzene rings is 1. The van der Waals surface area contributed by atoms with Crippen LogP contribution in [0.5, 0.6) is 0 Å². The molecule has 1 rings (SSSR count). The third-order valence-electron chi connectivity index (χ3n) is 5.46. The van der Waals surface area contributed by atoms with Crippen LogP contribution < -0.4 is 10.6 Å². The second-order valence-corrected chi connectivity index (χ2v) is 14.0. The van der Waals surface area contributed by atoms with E-state index in [0.717, 1.165) is 0 Å². The second-order valence-electron chi connectivity index (χ2n) is 9.01. The standard InChI is InChI=1S/C23H33FN2O4Si/c1-16(27)25-20(15-17-11-8-9-12-18(17)24)21(28)26-19(22(29)30-5)13-10-14-31(6,7)23(2,3)4/h8-9,11-12,19-20H,13,15H2,1-7H3,(H,25,27)(H,26,28)/t19-,20+/m1/s1. The molecule has 2 atom stereocenters. The Morgan fingerprint density at radius 2 is 1.74 bits per heavy atom. The molecule has 31 heavy (non-hydrogen) atoms. The Hall–Kier alpha value is -2.66. The highest BCUT2D eigenvalue weighted by Gasteiger charge is 2.34. The third-order valence-corrected chi connectivity index (χ3v) is 10.0. The smallest absolute Gasteiger partial charge is 0.329 e. The van der Waals surface area contributed by atoms with Crippen LogP contribution in [0, 0.1) is 17.3 Å². The molecule has 0 unspecified atom stereocenters. The van der Waals surface area contributed by atoms with Gasteiger partial charge in [-0.05, 0) is 16.7 Å². The second kappa shape index (κ2) is 11.1. The number of rotatable bonds is 7. The Morgan fingerprint density at radius 1 is 1.13 bits per heavy atom. The van der Waals surface area contributed by atoms with Crippen LogP contribution >= 0.6 is 0 Å².